The van der Waals surface area contributed by atoms with E-state index in [-0.39, 0.29) is 6.42 Å². The smallest absolute Gasteiger partial charge is 0.329 e. The molecule has 8 heteroatoms. The van der Waals surface area contributed by atoms with Gasteiger partial charge in [-0.15, -0.1) is 5.10 Å². The molecule has 0 spiro atoms. The summed E-state index contributed by atoms with van der Waals surface area (Å²) >= 11 is 0. The van der Waals surface area contributed by atoms with Gasteiger partial charge in [-0.2, -0.15) is 0 Å². The topological polar surface area (TPSA) is 110 Å². The van der Waals surface area contributed by atoms with Crippen molar-refractivity contribution in [3.05, 3.63) is 36.2 Å². The second-order valence-corrected chi connectivity index (χ2v) is 4.75. The molecule has 1 heterocycles. The predicted octanol–water partition coefficient (Wildman–Crippen LogP) is 0.645. The highest BCUT2D eigenvalue weighted by atomic mass is 16.4. The average molecular weight is 289 g/mol. The number of rotatable bonds is 5. The monoisotopic (exact) mass is 289 g/mol. The molecule has 1 aromatic heterocycles. The normalized spacial score (nSPS) is 13.4. The van der Waals surface area contributed by atoms with Crippen LogP contribution in [0, 0.1) is 0 Å². The highest BCUT2D eigenvalue weighted by molar-refractivity contribution is 5.98. The number of carboxylic acid groups (broad SMARTS) is 1. The Morgan fingerprint density at radius 1 is 1.43 bits per heavy atom. The molecule has 0 fully saturated rings. The number of carbonyl (C=O) groups is 2. The van der Waals surface area contributed by atoms with Crippen LogP contribution in [0.3, 0.4) is 0 Å². The Hall–Kier alpha value is -2.77. The van der Waals surface area contributed by atoms with E-state index in [0.29, 0.717) is 11.3 Å². The zero-order chi connectivity index (χ0) is 15.5. The molecule has 21 heavy (non-hydrogen) atoms. The molecule has 0 aliphatic rings. The van der Waals surface area contributed by atoms with Crippen molar-refractivity contribution in [2.24, 2.45) is 0 Å². The second kappa shape index (κ2) is 5.70. The molecule has 0 bridgehead atoms. The second-order valence-electron chi connectivity index (χ2n) is 4.75. The molecule has 1 atom stereocenters. The van der Waals surface area contributed by atoms with Crippen LogP contribution in [0.2, 0.25) is 0 Å². The zero-order valence-electron chi connectivity index (χ0n) is 11.6. The fourth-order valence-electron chi connectivity index (χ4n) is 1.69. The Balaban J connectivity index is 2.24. The Morgan fingerprint density at radius 2 is 2.19 bits per heavy atom. The minimum Gasteiger partial charge on any atom is -0.480 e. The molecule has 2 rings (SSSR count). The molecule has 0 saturated heterocycles. The summed E-state index contributed by atoms with van der Waals surface area (Å²) in [5.41, 5.74) is -0.355. The molecular formula is C13H15N5O3. The Kier molecular flexibility index (Phi) is 3.97. The van der Waals surface area contributed by atoms with Crippen molar-refractivity contribution >= 4 is 11.9 Å². The number of hydrogen-bond donors (Lipinski definition) is 2. The van der Waals surface area contributed by atoms with Crippen LogP contribution < -0.4 is 5.32 Å². The van der Waals surface area contributed by atoms with Gasteiger partial charge in [-0.1, -0.05) is 13.0 Å². The van der Waals surface area contributed by atoms with Gasteiger partial charge < -0.3 is 10.4 Å². The van der Waals surface area contributed by atoms with Crippen molar-refractivity contribution in [2.75, 3.05) is 0 Å². The number of hydrogen-bond acceptors (Lipinski definition) is 5. The van der Waals surface area contributed by atoms with Gasteiger partial charge in [0.25, 0.3) is 5.91 Å². The molecule has 0 radical (unpaired) electrons. The van der Waals surface area contributed by atoms with Gasteiger partial charge in [0, 0.05) is 5.56 Å². The van der Waals surface area contributed by atoms with Gasteiger partial charge in [0.1, 0.15) is 11.9 Å². The summed E-state index contributed by atoms with van der Waals surface area (Å²) in [6.45, 7) is 3.17. The average Bonchev–Trinajstić information content (AvgIpc) is 3.01. The maximum atomic E-state index is 12.2. The summed E-state index contributed by atoms with van der Waals surface area (Å²) in [7, 11) is 0. The molecule has 8 nitrogen and oxygen atoms in total. The van der Waals surface area contributed by atoms with Crippen LogP contribution in [-0.2, 0) is 4.79 Å². The first-order valence-corrected chi connectivity index (χ1v) is 6.35. The van der Waals surface area contributed by atoms with Crippen LogP contribution >= 0.6 is 0 Å². The van der Waals surface area contributed by atoms with Crippen LogP contribution in [0.25, 0.3) is 5.69 Å². The van der Waals surface area contributed by atoms with E-state index in [9.17, 15) is 14.7 Å². The minimum atomic E-state index is -1.30. The fraction of sp³-hybridized carbons (Fsp3) is 0.308. The summed E-state index contributed by atoms with van der Waals surface area (Å²) < 4.78 is 1.41. The van der Waals surface area contributed by atoms with Gasteiger partial charge in [-0.25, -0.2) is 9.48 Å². The third kappa shape index (κ3) is 3.04. The van der Waals surface area contributed by atoms with Crippen molar-refractivity contribution in [1.82, 2.24) is 25.5 Å². The largest absolute Gasteiger partial charge is 0.480 e. The van der Waals surface area contributed by atoms with Crippen molar-refractivity contribution in [3.63, 3.8) is 0 Å². The predicted molar refractivity (Wildman–Crippen MR) is 73.0 cm³/mol. The third-order valence-corrected chi connectivity index (χ3v) is 3.29. The number of carbonyl (C=O) groups excluding carboxylic acids is 1. The van der Waals surface area contributed by atoms with E-state index in [1.54, 1.807) is 31.2 Å². The van der Waals surface area contributed by atoms with Crippen molar-refractivity contribution in [3.8, 4) is 5.69 Å². The summed E-state index contributed by atoms with van der Waals surface area (Å²) in [6, 6.07) is 6.60. The molecule has 1 amide bonds. The lowest BCUT2D eigenvalue weighted by molar-refractivity contribution is -0.143. The van der Waals surface area contributed by atoms with Gasteiger partial charge in [-0.3, -0.25) is 4.79 Å². The summed E-state index contributed by atoms with van der Waals surface area (Å²) in [5.74, 6) is -1.54. The quantitative estimate of drug-likeness (QED) is 0.836. The van der Waals surface area contributed by atoms with Gasteiger partial charge in [0.15, 0.2) is 0 Å². The zero-order valence-corrected chi connectivity index (χ0v) is 11.6. The van der Waals surface area contributed by atoms with Crippen molar-refractivity contribution in [1.29, 1.82) is 0 Å². The molecule has 1 aromatic carbocycles. The standard InChI is InChI=1S/C13H15N5O3/c1-3-13(2,12(20)21)15-11(19)9-5-4-6-10(7-9)18-8-14-16-17-18/h4-8H,3H2,1-2H3,(H,15,19)(H,20,21). The number of aliphatic carboxylic acids is 1. The Labute approximate surface area is 120 Å². The van der Waals surface area contributed by atoms with Crippen LogP contribution in [0.15, 0.2) is 30.6 Å². The molecule has 2 N–H and O–H groups in total. The molecule has 1 unspecified atom stereocenters. The van der Waals surface area contributed by atoms with E-state index in [1.165, 1.54) is 17.9 Å². The van der Waals surface area contributed by atoms with Crippen LogP contribution in [0.1, 0.15) is 30.6 Å². The first kappa shape index (κ1) is 14.6. The Morgan fingerprint density at radius 3 is 2.76 bits per heavy atom. The SMILES string of the molecule is CCC(C)(NC(=O)c1cccc(-n2cnnn2)c1)C(=O)O. The maximum absolute atomic E-state index is 12.2. The fourth-order valence-corrected chi connectivity index (χ4v) is 1.69. The molecule has 110 valence electrons. The first-order chi connectivity index (χ1) is 9.96. The first-order valence-electron chi connectivity index (χ1n) is 6.35. The van der Waals surface area contributed by atoms with Gasteiger partial charge >= 0.3 is 5.97 Å². The minimum absolute atomic E-state index is 0.279. The van der Waals surface area contributed by atoms with E-state index in [0.717, 1.165) is 0 Å². The highest BCUT2D eigenvalue weighted by Gasteiger charge is 2.33. The van der Waals surface area contributed by atoms with Crippen LogP contribution in [0.5, 0.6) is 0 Å². The third-order valence-electron chi connectivity index (χ3n) is 3.29. The van der Waals surface area contributed by atoms with Gasteiger partial charge in [0.05, 0.1) is 5.69 Å². The molecule has 2 aromatic rings. The van der Waals surface area contributed by atoms with Gasteiger partial charge in [-0.05, 0) is 42.0 Å². The van der Waals surface area contributed by atoms with E-state index < -0.39 is 17.4 Å². The molecule has 0 aliphatic carbocycles. The number of nitrogens with zero attached hydrogens (tertiary/aromatic N) is 4. The maximum Gasteiger partial charge on any atom is 0.329 e. The number of benzene rings is 1. The number of aromatic nitrogens is 4. The van der Waals surface area contributed by atoms with Gasteiger partial charge in [0.2, 0.25) is 0 Å². The summed E-state index contributed by atoms with van der Waals surface area (Å²) in [4.78, 5) is 23.4. The van der Waals surface area contributed by atoms with E-state index >= 15 is 0 Å². The lowest BCUT2D eigenvalue weighted by Crippen LogP contribution is -2.51. The van der Waals surface area contributed by atoms with Crippen LogP contribution in [-0.4, -0.2) is 42.7 Å². The lowest BCUT2D eigenvalue weighted by atomic mass is 9.98. The van der Waals surface area contributed by atoms with E-state index in [4.69, 9.17) is 0 Å². The Bertz CT molecular complexity index is 656. The number of tetrazole rings is 1. The molecule has 0 aliphatic heterocycles. The molecule has 0 saturated carbocycles. The number of nitrogens with one attached hydrogen (secondary N) is 1. The van der Waals surface area contributed by atoms with Crippen molar-refractivity contribution in [2.45, 2.75) is 25.8 Å². The molecular weight excluding hydrogens is 274 g/mol. The number of carboxylic acids is 1. The summed E-state index contributed by atoms with van der Waals surface area (Å²) in [5, 5.41) is 22.5. The van der Waals surface area contributed by atoms with E-state index in [2.05, 4.69) is 20.8 Å². The lowest BCUT2D eigenvalue weighted by Gasteiger charge is -2.24. The summed E-state index contributed by atoms with van der Waals surface area (Å²) in [6.07, 6.45) is 1.69. The number of amides is 1. The highest BCUT2D eigenvalue weighted by Crippen LogP contribution is 2.13. The van der Waals surface area contributed by atoms with Crippen molar-refractivity contribution < 1.29 is 14.7 Å². The van der Waals surface area contributed by atoms with E-state index in [1.807, 2.05) is 0 Å². The van der Waals surface area contributed by atoms with Crippen LogP contribution in [0.4, 0.5) is 0 Å².